The van der Waals surface area contributed by atoms with Gasteiger partial charge in [-0.3, -0.25) is 9.89 Å². The molecule has 1 heterocycles. The number of halogens is 1. The minimum absolute atomic E-state index is 0. The summed E-state index contributed by atoms with van der Waals surface area (Å²) in [6.45, 7) is 5.91. The molecular weight excluding hydrogens is 531 g/mol. The lowest BCUT2D eigenvalue weighted by Crippen LogP contribution is -2.44. The maximum atomic E-state index is 10.7. The van der Waals surface area contributed by atoms with Gasteiger partial charge in [-0.2, -0.15) is 0 Å². The van der Waals surface area contributed by atoms with Crippen molar-refractivity contribution in [3.8, 4) is 11.5 Å². The van der Waals surface area contributed by atoms with E-state index in [1.165, 1.54) is 18.4 Å². The fraction of sp³-hybridized carbons (Fsp3) is 0.480. The van der Waals surface area contributed by atoms with Gasteiger partial charge < -0.3 is 25.2 Å². The number of aliphatic hydroxyl groups is 1. The van der Waals surface area contributed by atoms with Crippen LogP contribution in [0, 0.1) is 0 Å². The lowest BCUT2D eigenvalue weighted by Gasteiger charge is -2.25. The van der Waals surface area contributed by atoms with E-state index in [0.29, 0.717) is 29.1 Å². The summed E-state index contributed by atoms with van der Waals surface area (Å²) in [6, 6.07) is 16.5. The van der Waals surface area contributed by atoms with Crippen molar-refractivity contribution in [2.45, 2.75) is 38.5 Å². The first-order valence-corrected chi connectivity index (χ1v) is 11.3. The molecule has 2 atom stereocenters. The molecule has 1 aliphatic heterocycles. The van der Waals surface area contributed by atoms with Gasteiger partial charge in [0.15, 0.2) is 5.96 Å². The third-order valence-electron chi connectivity index (χ3n) is 5.80. The number of benzene rings is 2. The molecule has 0 amide bonds. The van der Waals surface area contributed by atoms with Crippen LogP contribution in [0.2, 0.25) is 0 Å². The van der Waals surface area contributed by atoms with E-state index in [9.17, 15) is 5.11 Å². The SMILES string of the molecule is CCNC(=NCC(O)c1cc(OC)ccc1OC)NCC1CCCN1Cc1ccccc1.I. The smallest absolute Gasteiger partial charge is 0.191 e. The summed E-state index contributed by atoms with van der Waals surface area (Å²) in [5.74, 6) is 2.00. The Hall–Kier alpha value is -2.04. The van der Waals surface area contributed by atoms with Crippen LogP contribution in [-0.2, 0) is 6.54 Å². The molecule has 3 N–H and O–H groups in total. The van der Waals surface area contributed by atoms with Crippen LogP contribution < -0.4 is 20.1 Å². The largest absolute Gasteiger partial charge is 0.497 e. The maximum Gasteiger partial charge on any atom is 0.191 e. The Balaban J connectivity index is 0.00000385. The summed E-state index contributed by atoms with van der Waals surface area (Å²) in [6.07, 6.45) is 1.58. The van der Waals surface area contributed by atoms with Gasteiger partial charge in [0.25, 0.3) is 0 Å². The average molecular weight is 569 g/mol. The summed E-state index contributed by atoms with van der Waals surface area (Å²) in [5.41, 5.74) is 2.01. The van der Waals surface area contributed by atoms with Gasteiger partial charge in [0, 0.05) is 31.2 Å². The lowest BCUT2D eigenvalue weighted by atomic mass is 10.1. The summed E-state index contributed by atoms with van der Waals surface area (Å²) < 4.78 is 10.7. The van der Waals surface area contributed by atoms with E-state index in [1.807, 2.05) is 13.0 Å². The molecule has 2 aromatic rings. The van der Waals surface area contributed by atoms with E-state index in [4.69, 9.17) is 9.47 Å². The molecule has 0 bridgehead atoms. The number of methoxy groups -OCH3 is 2. The number of likely N-dealkylation sites (tertiary alicyclic amines) is 1. The normalized spacial score (nSPS) is 17.2. The van der Waals surface area contributed by atoms with Crippen molar-refractivity contribution in [2.75, 3.05) is 40.4 Å². The molecular formula is C25H37IN4O3. The number of nitrogens with zero attached hydrogens (tertiary/aromatic N) is 2. The Morgan fingerprint density at radius 3 is 2.64 bits per heavy atom. The van der Waals surface area contributed by atoms with Crippen molar-refractivity contribution >= 4 is 29.9 Å². The molecule has 7 nitrogen and oxygen atoms in total. The Morgan fingerprint density at radius 1 is 1.15 bits per heavy atom. The van der Waals surface area contributed by atoms with Gasteiger partial charge in [-0.15, -0.1) is 24.0 Å². The number of hydrogen-bond donors (Lipinski definition) is 3. The van der Waals surface area contributed by atoms with Crippen molar-refractivity contribution < 1.29 is 14.6 Å². The van der Waals surface area contributed by atoms with Crippen LogP contribution in [-0.4, -0.2) is 62.4 Å². The molecule has 1 saturated heterocycles. The monoisotopic (exact) mass is 568 g/mol. The van der Waals surface area contributed by atoms with Crippen molar-refractivity contribution in [1.29, 1.82) is 0 Å². The Labute approximate surface area is 214 Å². The van der Waals surface area contributed by atoms with Crippen molar-refractivity contribution in [1.82, 2.24) is 15.5 Å². The zero-order valence-corrected chi connectivity index (χ0v) is 22.1. The zero-order valence-electron chi connectivity index (χ0n) is 19.8. The maximum absolute atomic E-state index is 10.7. The van der Waals surface area contributed by atoms with Crippen molar-refractivity contribution in [3.63, 3.8) is 0 Å². The Morgan fingerprint density at radius 2 is 1.94 bits per heavy atom. The molecule has 0 aliphatic carbocycles. The molecule has 2 aromatic carbocycles. The third-order valence-corrected chi connectivity index (χ3v) is 5.80. The van der Waals surface area contributed by atoms with Gasteiger partial charge in [-0.05, 0) is 50.1 Å². The van der Waals surface area contributed by atoms with Gasteiger partial charge in [-0.1, -0.05) is 30.3 Å². The van der Waals surface area contributed by atoms with Crippen LogP contribution in [0.5, 0.6) is 11.5 Å². The minimum atomic E-state index is -0.795. The molecule has 0 saturated carbocycles. The first-order chi connectivity index (χ1) is 15.6. The molecule has 0 aromatic heterocycles. The van der Waals surface area contributed by atoms with E-state index in [-0.39, 0.29) is 30.5 Å². The number of nitrogens with one attached hydrogen (secondary N) is 2. The summed E-state index contributed by atoms with van der Waals surface area (Å²) in [5, 5.41) is 17.5. The second kappa shape index (κ2) is 14.3. The van der Waals surface area contributed by atoms with E-state index in [2.05, 4.69) is 50.9 Å². The Bertz CT molecular complexity index is 866. The quantitative estimate of drug-likeness (QED) is 0.231. The molecule has 8 heteroatoms. The number of aliphatic hydroxyl groups excluding tert-OH is 1. The van der Waals surface area contributed by atoms with Crippen molar-refractivity contribution in [2.24, 2.45) is 4.99 Å². The minimum Gasteiger partial charge on any atom is -0.497 e. The van der Waals surface area contributed by atoms with E-state index in [1.54, 1.807) is 26.4 Å². The molecule has 182 valence electrons. The molecule has 2 unspecified atom stereocenters. The van der Waals surface area contributed by atoms with E-state index in [0.717, 1.165) is 26.2 Å². The van der Waals surface area contributed by atoms with Crippen LogP contribution in [0.1, 0.15) is 37.0 Å². The van der Waals surface area contributed by atoms with Crippen LogP contribution in [0.15, 0.2) is 53.5 Å². The number of guanidine groups is 1. The summed E-state index contributed by atoms with van der Waals surface area (Å²) in [7, 11) is 3.20. The fourth-order valence-corrected chi connectivity index (χ4v) is 4.08. The molecule has 1 aliphatic rings. The topological polar surface area (TPSA) is 78.4 Å². The highest BCUT2D eigenvalue weighted by atomic mass is 127. The predicted octanol–water partition coefficient (Wildman–Crippen LogP) is 3.57. The summed E-state index contributed by atoms with van der Waals surface area (Å²) >= 11 is 0. The predicted molar refractivity (Wildman–Crippen MR) is 144 cm³/mol. The van der Waals surface area contributed by atoms with Gasteiger partial charge >= 0.3 is 0 Å². The van der Waals surface area contributed by atoms with Crippen LogP contribution in [0.3, 0.4) is 0 Å². The number of rotatable bonds is 10. The molecule has 0 radical (unpaired) electrons. The molecule has 1 fully saturated rings. The van der Waals surface area contributed by atoms with Crippen LogP contribution >= 0.6 is 24.0 Å². The second-order valence-electron chi connectivity index (χ2n) is 7.98. The highest BCUT2D eigenvalue weighted by Gasteiger charge is 2.24. The fourth-order valence-electron chi connectivity index (χ4n) is 4.08. The van der Waals surface area contributed by atoms with Gasteiger partial charge in [0.2, 0.25) is 0 Å². The van der Waals surface area contributed by atoms with Gasteiger partial charge in [0.1, 0.15) is 17.6 Å². The lowest BCUT2D eigenvalue weighted by molar-refractivity contribution is 0.182. The van der Waals surface area contributed by atoms with Gasteiger partial charge in [-0.25, -0.2) is 0 Å². The Kier molecular flexibility index (Phi) is 11.8. The van der Waals surface area contributed by atoms with Gasteiger partial charge in [0.05, 0.1) is 20.8 Å². The zero-order chi connectivity index (χ0) is 22.8. The second-order valence-corrected chi connectivity index (χ2v) is 7.98. The highest BCUT2D eigenvalue weighted by molar-refractivity contribution is 14.0. The van der Waals surface area contributed by atoms with E-state index < -0.39 is 6.10 Å². The molecule has 3 rings (SSSR count). The van der Waals surface area contributed by atoms with Crippen LogP contribution in [0.25, 0.3) is 0 Å². The number of ether oxygens (including phenoxy) is 2. The standard InChI is InChI=1S/C25H36N4O3.HI/c1-4-26-25(28-17-23(30)22-15-21(31-2)12-13-24(22)32-3)27-16-20-11-8-14-29(20)18-19-9-6-5-7-10-19;/h5-7,9-10,12-13,15,20,23,30H,4,8,11,14,16-18H2,1-3H3,(H2,26,27,28);1H. The summed E-state index contributed by atoms with van der Waals surface area (Å²) in [4.78, 5) is 7.15. The van der Waals surface area contributed by atoms with E-state index >= 15 is 0 Å². The number of hydrogen-bond acceptors (Lipinski definition) is 5. The number of aliphatic imine (C=N–C) groups is 1. The van der Waals surface area contributed by atoms with Crippen LogP contribution in [0.4, 0.5) is 0 Å². The average Bonchev–Trinajstić information content (AvgIpc) is 3.27. The molecule has 33 heavy (non-hydrogen) atoms. The third kappa shape index (κ3) is 8.04. The first kappa shape index (κ1) is 27.2. The highest BCUT2D eigenvalue weighted by Crippen LogP contribution is 2.29. The van der Waals surface area contributed by atoms with Crippen molar-refractivity contribution in [3.05, 3.63) is 59.7 Å². The first-order valence-electron chi connectivity index (χ1n) is 11.3. The molecule has 0 spiro atoms.